The molecular formula is C12H14N4O. The zero-order valence-electron chi connectivity index (χ0n) is 9.55. The van der Waals surface area contributed by atoms with Gasteiger partial charge in [-0.1, -0.05) is 30.3 Å². The Morgan fingerprint density at radius 2 is 1.82 bits per heavy atom. The molecule has 0 saturated carbocycles. The van der Waals surface area contributed by atoms with Crippen molar-refractivity contribution in [2.24, 2.45) is 0 Å². The summed E-state index contributed by atoms with van der Waals surface area (Å²) in [5.74, 6) is 0. The number of rotatable bonds is 2. The van der Waals surface area contributed by atoms with Gasteiger partial charge in [0, 0.05) is 0 Å². The second-order valence-corrected chi connectivity index (χ2v) is 3.86. The lowest BCUT2D eigenvalue weighted by molar-refractivity contribution is 0.632. The zero-order valence-corrected chi connectivity index (χ0v) is 9.55. The standard InChI is InChI=1S/C12H14N4O/c1-8-10(13)11(14)12(17)16(15-8)7-9-5-3-2-4-6-9/h2-6H,7,13-14H2,1H3. The average Bonchev–Trinajstić information content (AvgIpc) is 2.35. The Bertz CT molecular complexity index is 589. The number of nitrogens with two attached hydrogens (primary N) is 2. The minimum atomic E-state index is -0.350. The van der Waals surface area contributed by atoms with Gasteiger partial charge < -0.3 is 11.5 Å². The molecular weight excluding hydrogens is 216 g/mol. The third kappa shape index (κ3) is 2.13. The molecule has 0 fully saturated rings. The van der Waals surface area contributed by atoms with E-state index in [-0.39, 0.29) is 16.9 Å². The van der Waals surface area contributed by atoms with Crippen molar-refractivity contribution in [2.45, 2.75) is 13.5 Å². The fourth-order valence-corrected chi connectivity index (χ4v) is 1.59. The number of nitrogen functional groups attached to an aromatic ring is 2. The Morgan fingerprint density at radius 3 is 2.47 bits per heavy atom. The van der Waals surface area contributed by atoms with Gasteiger partial charge in [0.05, 0.1) is 17.9 Å². The van der Waals surface area contributed by atoms with Gasteiger partial charge in [0.25, 0.3) is 5.56 Å². The summed E-state index contributed by atoms with van der Waals surface area (Å²) in [5, 5.41) is 4.13. The Kier molecular flexibility index (Phi) is 2.82. The van der Waals surface area contributed by atoms with Crippen LogP contribution in [0.3, 0.4) is 0 Å². The van der Waals surface area contributed by atoms with E-state index >= 15 is 0 Å². The first kappa shape index (κ1) is 11.2. The molecule has 17 heavy (non-hydrogen) atoms. The van der Waals surface area contributed by atoms with Gasteiger partial charge in [0.1, 0.15) is 5.69 Å². The normalized spacial score (nSPS) is 10.4. The van der Waals surface area contributed by atoms with Crippen LogP contribution in [0.1, 0.15) is 11.3 Å². The molecule has 0 radical (unpaired) electrons. The number of benzene rings is 1. The SMILES string of the molecule is Cc1nn(Cc2ccccc2)c(=O)c(N)c1N. The smallest absolute Gasteiger partial charge is 0.292 e. The van der Waals surface area contributed by atoms with E-state index in [1.807, 2.05) is 30.3 Å². The highest BCUT2D eigenvalue weighted by molar-refractivity contribution is 5.63. The summed E-state index contributed by atoms with van der Waals surface area (Å²) in [4.78, 5) is 11.8. The molecule has 0 bridgehead atoms. The van der Waals surface area contributed by atoms with E-state index in [4.69, 9.17) is 11.5 Å². The summed E-state index contributed by atoms with van der Waals surface area (Å²) in [7, 11) is 0. The Balaban J connectivity index is 2.44. The third-order valence-electron chi connectivity index (χ3n) is 2.59. The number of hydrogen-bond acceptors (Lipinski definition) is 4. The van der Waals surface area contributed by atoms with Crippen LogP contribution in [-0.2, 0) is 6.54 Å². The van der Waals surface area contributed by atoms with Crippen molar-refractivity contribution >= 4 is 11.4 Å². The first-order chi connectivity index (χ1) is 8.09. The van der Waals surface area contributed by atoms with Gasteiger partial charge in [0.15, 0.2) is 0 Å². The molecule has 0 unspecified atom stereocenters. The number of anilines is 2. The first-order valence-electron chi connectivity index (χ1n) is 5.26. The fourth-order valence-electron chi connectivity index (χ4n) is 1.59. The van der Waals surface area contributed by atoms with Crippen molar-refractivity contribution in [1.82, 2.24) is 9.78 Å². The van der Waals surface area contributed by atoms with Crippen LogP contribution >= 0.6 is 0 Å². The van der Waals surface area contributed by atoms with Crippen molar-refractivity contribution in [3.8, 4) is 0 Å². The van der Waals surface area contributed by atoms with Crippen molar-refractivity contribution in [3.05, 3.63) is 51.9 Å². The van der Waals surface area contributed by atoms with Crippen molar-refractivity contribution in [2.75, 3.05) is 11.5 Å². The lowest BCUT2D eigenvalue weighted by Gasteiger charge is -2.09. The van der Waals surface area contributed by atoms with Crippen LogP contribution in [-0.4, -0.2) is 9.78 Å². The molecule has 2 aromatic rings. The highest BCUT2D eigenvalue weighted by Crippen LogP contribution is 2.11. The van der Waals surface area contributed by atoms with Crippen molar-refractivity contribution < 1.29 is 0 Å². The van der Waals surface area contributed by atoms with E-state index in [0.717, 1.165) is 5.56 Å². The Morgan fingerprint density at radius 1 is 1.18 bits per heavy atom. The Labute approximate surface area is 98.7 Å². The van der Waals surface area contributed by atoms with Crippen LogP contribution in [0.2, 0.25) is 0 Å². The maximum Gasteiger partial charge on any atom is 0.292 e. The summed E-state index contributed by atoms with van der Waals surface area (Å²) in [5.41, 5.74) is 12.8. The number of aryl methyl sites for hydroxylation is 1. The van der Waals surface area contributed by atoms with Crippen LogP contribution in [0.4, 0.5) is 11.4 Å². The molecule has 0 saturated heterocycles. The predicted octanol–water partition coefficient (Wildman–Crippen LogP) is 0.764. The van der Waals surface area contributed by atoms with Crippen LogP contribution in [0.5, 0.6) is 0 Å². The molecule has 0 aliphatic heterocycles. The lowest BCUT2D eigenvalue weighted by atomic mass is 10.2. The topological polar surface area (TPSA) is 86.9 Å². The summed E-state index contributed by atoms with van der Waals surface area (Å²) < 4.78 is 1.33. The Hall–Kier alpha value is -2.30. The molecule has 0 atom stereocenters. The minimum absolute atomic E-state index is 0.0634. The molecule has 4 N–H and O–H groups in total. The maximum atomic E-state index is 11.8. The van der Waals surface area contributed by atoms with E-state index in [1.54, 1.807) is 6.92 Å². The van der Waals surface area contributed by atoms with Gasteiger partial charge in [-0.15, -0.1) is 0 Å². The van der Waals surface area contributed by atoms with Gasteiger partial charge in [-0.25, -0.2) is 4.68 Å². The number of hydrogen-bond donors (Lipinski definition) is 2. The molecule has 1 aromatic heterocycles. The van der Waals surface area contributed by atoms with Gasteiger partial charge in [-0.3, -0.25) is 4.79 Å². The first-order valence-corrected chi connectivity index (χ1v) is 5.26. The monoisotopic (exact) mass is 230 g/mol. The van der Waals surface area contributed by atoms with Crippen molar-refractivity contribution in [3.63, 3.8) is 0 Å². The van der Waals surface area contributed by atoms with E-state index in [9.17, 15) is 4.79 Å². The van der Waals surface area contributed by atoms with Gasteiger partial charge in [-0.05, 0) is 12.5 Å². The molecule has 88 valence electrons. The highest BCUT2D eigenvalue weighted by atomic mass is 16.1. The summed E-state index contributed by atoms with van der Waals surface area (Å²) in [6.07, 6.45) is 0. The van der Waals surface area contributed by atoms with Gasteiger partial charge >= 0.3 is 0 Å². The molecule has 1 heterocycles. The van der Waals surface area contributed by atoms with Crippen LogP contribution in [0.15, 0.2) is 35.1 Å². The predicted molar refractivity (Wildman–Crippen MR) is 67.6 cm³/mol. The van der Waals surface area contributed by atoms with Gasteiger partial charge in [-0.2, -0.15) is 5.10 Å². The number of aromatic nitrogens is 2. The second kappa shape index (κ2) is 4.29. The van der Waals surface area contributed by atoms with Crippen LogP contribution in [0.25, 0.3) is 0 Å². The lowest BCUT2D eigenvalue weighted by Crippen LogP contribution is -2.28. The van der Waals surface area contributed by atoms with E-state index < -0.39 is 0 Å². The van der Waals surface area contributed by atoms with E-state index in [2.05, 4.69) is 5.10 Å². The molecule has 5 nitrogen and oxygen atoms in total. The largest absolute Gasteiger partial charge is 0.395 e. The summed E-state index contributed by atoms with van der Waals surface area (Å²) in [6.45, 7) is 2.12. The fraction of sp³-hybridized carbons (Fsp3) is 0.167. The molecule has 2 rings (SSSR count). The quantitative estimate of drug-likeness (QED) is 0.797. The number of nitrogens with zero attached hydrogens (tertiary/aromatic N) is 2. The second-order valence-electron chi connectivity index (χ2n) is 3.86. The molecule has 0 aliphatic rings. The van der Waals surface area contributed by atoms with E-state index in [1.165, 1.54) is 4.68 Å². The third-order valence-corrected chi connectivity index (χ3v) is 2.59. The average molecular weight is 230 g/mol. The maximum absolute atomic E-state index is 11.8. The molecule has 1 aromatic carbocycles. The minimum Gasteiger partial charge on any atom is -0.395 e. The summed E-state index contributed by atoms with van der Waals surface area (Å²) in [6, 6.07) is 9.59. The van der Waals surface area contributed by atoms with Crippen LogP contribution in [0, 0.1) is 6.92 Å². The summed E-state index contributed by atoms with van der Waals surface area (Å²) >= 11 is 0. The van der Waals surface area contributed by atoms with Crippen LogP contribution < -0.4 is 17.0 Å². The molecule has 5 heteroatoms. The van der Waals surface area contributed by atoms with E-state index in [0.29, 0.717) is 12.2 Å². The zero-order chi connectivity index (χ0) is 12.4. The highest BCUT2D eigenvalue weighted by Gasteiger charge is 2.09. The van der Waals surface area contributed by atoms with Crippen molar-refractivity contribution in [1.29, 1.82) is 0 Å². The van der Waals surface area contributed by atoms with Gasteiger partial charge in [0.2, 0.25) is 0 Å². The molecule has 0 amide bonds. The molecule has 0 aliphatic carbocycles. The molecule has 0 spiro atoms.